The molecule has 0 saturated carbocycles. The molecule has 0 N–H and O–H groups in total. The maximum absolute atomic E-state index is 5.54. The second-order valence-electron chi connectivity index (χ2n) is 3.66. The van der Waals surface area contributed by atoms with Gasteiger partial charge in [0.25, 0.3) is 0 Å². The standard InChI is InChI=1S/C15H21NS/c1-7-10-11-14(8-2)15(12(4)5)16-13(6)17-9-3/h2,7,10-11H,9H2,1,3-6H3/b10-7-,14-11+,16-13+. The fraction of sp³-hybridized carbons (Fsp3) is 0.400. The third-order valence-electron chi connectivity index (χ3n) is 1.96. The van der Waals surface area contributed by atoms with E-state index < -0.39 is 0 Å². The van der Waals surface area contributed by atoms with E-state index in [4.69, 9.17) is 6.42 Å². The highest BCUT2D eigenvalue weighted by molar-refractivity contribution is 8.13. The number of rotatable bonds is 4. The van der Waals surface area contributed by atoms with Crippen LogP contribution in [0.3, 0.4) is 0 Å². The van der Waals surface area contributed by atoms with E-state index in [1.165, 1.54) is 0 Å². The molecule has 0 aromatic carbocycles. The summed E-state index contributed by atoms with van der Waals surface area (Å²) in [6.45, 7) is 10.2. The van der Waals surface area contributed by atoms with Crippen molar-refractivity contribution in [2.45, 2.75) is 34.6 Å². The van der Waals surface area contributed by atoms with Gasteiger partial charge >= 0.3 is 0 Å². The zero-order valence-corrected chi connectivity index (χ0v) is 12.2. The van der Waals surface area contributed by atoms with Crippen LogP contribution < -0.4 is 0 Å². The van der Waals surface area contributed by atoms with E-state index in [1.807, 2.05) is 45.9 Å². The van der Waals surface area contributed by atoms with Crippen molar-refractivity contribution in [3.8, 4) is 12.3 Å². The van der Waals surface area contributed by atoms with Gasteiger partial charge in [0.2, 0.25) is 0 Å². The minimum atomic E-state index is 0.833. The van der Waals surface area contributed by atoms with E-state index in [0.717, 1.165) is 27.6 Å². The van der Waals surface area contributed by atoms with Crippen LogP contribution in [0.5, 0.6) is 0 Å². The Morgan fingerprint density at radius 2 is 2.00 bits per heavy atom. The van der Waals surface area contributed by atoms with Gasteiger partial charge in [-0.3, -0.25) is 0 Å². The van der Waals surface area contributed by atoms with E-state index >= 15 is 0 Å². The summed E-state index contributed by atoms with van der Waals surface area (Å²) >= 11 is 1.73. The van der Waals surface area contributed by atoms with Crippen LogP contribution in [0, 0.1) is 12.3 Å². The van der Waals surface area contributed by atoms with Gasteiger partial charge in [-0.15, -0.1) is 18.2 Å². The van der Waals surface area contributed by atoms with Crippen LogP contribution in [0.2, 0.25) is 0 Å². The van der Waals surface area contributed by atoms with Gasteiger partial charge < -0.3 is 0 Å². The molecule has 0 heterocycles. The molecule has 0 bridgehead atoms. The normalized spacial score (nSPS) is 12.7. The fourth-order valence-electron chi connectivity index (χ4n) is 1.23. The van der Waals surface area contributed by atoms with Gasteiger partial charge in [0, 0.05) is 5.57 Å². The summed E-state index contributed by atoms with van der Waals surface area (Å²) in [4.78, 5) is 4.60. The lowest BCUT2D eigenvalue weighted by molar-refractivity contribution is 1.23. The number of thioether (sulfide) groups is 1. The molecular weight excluding hydrogens is 226 g/mol. The quantitative estimate of drug-likeness (QED) is 0.306. The minimum absolute atomic E-state index is 0.833. The predicted octanol–water partition coefficient (Wildman–Crippen LogP) is 4.59. The van der Waals surface area contributed by atoms with E-state index in [-0.39, 0.29) is 0 Å². The monoisotopic (exact) mass is 247 g/mol. The van der Waals surface area contributed by atoms with Gasteiger partial charge in [-0.1, -0.05) is 25.0 Å². The SMILES string of the molecule is C#C/C(=C\C=C/C)C(/N=C(\C)SCC)=C(C)C. The maximum Gasteiger partial charge on any atom is 0.0781 e. The van der Waals surface area contributed by atoms with Crippen LogP contribution >= 0.6 is 11.8 Å². The molecule has 2 heteroatoms. The number of aliphatic imine (C=N–C) groups is 1. The van der Waals surface area contributed by atoms with Gasteiger partial charge in [-0.05, 0) is 45.1 Å². The van der Waals surface area contributed by atoms with Crippen molar-refractivity contribution >= 4 is 16.8 Å². The molecule has 0 unspecified atom stereocenters. The minimum Gasteiger partial charge on any atom is -0.246 e. The second kappa shape index (κ2) is 8.90. The predicted molar refractivity (Wildman–Crippen MR) is 81.3 cm³/mol. The first-order valence-electron chi connectivity index (χ1n) is 5.72. The highest BCUT2D eigenvalue weighted by atomic mass is 32.2. The molecule has 0 spiro atoms. The summed E-state index contributed by atoms with van der Waals surface area (Å²) in [7, 11) is 0. The lowest BCUT2D eigenvalue weighted by atomic mass is 10.1. The smallest absolute Gasteiger partial charge is 0.0781 e. The lowest BCUT2D eigenvalue weighted by Crippen LogP contribution is -1.92. The van der Waals surface area contributed by atoms with Crippen molar-refractivity contribution < 1.29 is 0 Å². The van der Waals surface area contributed by atoms with Crippen molar-refractivity contribution in [2.75, 3.05) is 5.75 Å². The van der Waals surface area contributed by atoms with Crippen molar-refractivity contribution in [2.24, 2.45) is 4.99 Å². The first-order valence-corrected chi connectivity index (χ1v) is 6.70. The molecule has 0 fully saturated rings. The molecule has 92 valence electrons. The van der Waals surface area contributed by atoms with Crippen LogP contribution in [0.25, 0.3) is 0 Å². The van der Waals surface area contributed by atoms with Crippen LogP contribution in [0.1, 0.15) is 34.6 Å². The highest BCUT2D eigenvalue weighted by Gasteiger charge is 2.03. The Hall–Kier alpha value is -1.20. The third kappa shape index (κ3) is 6.19. The third-order valence-corrected chi connectivity index (χ3v) is 2.76. The van der Waals surface area contributed by atoms with Crippen LogP contribution in [0.4, 0.5) is 0 Å². The van der Waals surface area contributed by atoms with Gasteiger partial charge in [-0.25, -0.2) is 4.99 Å². The lowest BCUT2D eigenvalue weighted by Gasteiger charge is -2.06. The topological polar surface area (TPSA) is 12.4 Å². The molecular formula is C15H21NS. The summed E-state index contributed by atoms with van der Waals surface area (Å²) < 4.78 is 0. The van der Waals surface area contributed by atoms with E-state index in [1.54, 1.807) is 11.8 Å². The van der Waals surface area contributed by atoms with Crippen LogP contribution in [-0.2, 0) is 0 Å². The molecule has 0 aromatic heterocycles. The Morgan fingerprint density at radius 1 is 1.35 bits per heavy atom. The van der Waals surface area contributed by atoms with Crippen LogP contribution in [-0.4, -0.2) is 10.8 Å². The maximum atomic E-state index is 5.54. The fourth-order valence-corrected chi connectivity index (χ4v) is 1.80. The first-order chi connectivity index (χ1) is 8.06. The molecule has 0 radical (unpaired) electrons. The molecule has 0 aliphatic carbocycles. The van der Waals surface area contributed by atoms with Gasteiger partial charge in [0.05, 0.1) is 10.7 Å². The molecule has 0 aliphatic rings. The first kappa shape index (κ1) is 15.8. The van der Waals surface area contributed by atoms with E-state index in [0.29, 0.717) is 0 Å². The summed E-state index contributed by atoms with van der Waals surface area (Å²) in [6, 6.07) is 0. The number of nitrogens with zero attached hydrogens (tertiary/aromatic N) is 1. The number of hydrogen-bond acceptors (Lipinski definition) is 2. The largest absolute Gasteiger partial charge is 0.246 e. The zero-order valence-electron chi connectivity index (χ0n) is 11.4. The summed E-state index contributed by atoms with van der Waals surface area (Å²) in [5.74, 6) is 3.72. The molecule has 0 saturated heterocycles. The Kier molecular flexibility index (Phi) is 8.27. The Bertz CT molecular complexity index is 399. The number of allylic oxidation sites excluding steroid dienone is 5. The molecule has 0 rings (SSSR count). The Morgan fingerprint density at radius 3 is 2.41 bits per heavy atom. The van der Waals surface area contributed by atoms with Crippen molar-refractivity contribution in [3.63, 3.8) is 0 Å². The summed E-state index contributed by atoms with van der Waals surface area (Å²) in [5.41, 5.74) is 2.87. The summed E-state index contributed by atoms with van der Waals surface area (Å²) in [5, 5.41) is 1.05. The summed E-state index contributed by atoms with van der Waals surface area (Å²) in [6.07, 6.45) is 11.4. The molecule has 17 heavy (non-hydrogen) atoms. The van der Waals surface area contributed by atoms with E-state index in [9.17, 15) is 0 Å². The van der Waals surface area contributed by atoms with Crippen molar-refractivity contribution in [1.82, 2.24) is 0 Å². The second-order valence-corrected chi connectivity index (χ2v) is 5.12. The molecule has 0 aromatic rings. The Labute approximate surface area is 110 Å². The number of terminal acetylenes is 1. The molecule has 0 aliphatic heterocycles. The average Bonchev–Trinajstić information content (AvgIpc) is 2.28. The number of hydrogen-bond donors (Lipinski definition) is 0. The van der Waals surface area contributed by atoms with Crippen molar-refractivity contribution in [1.29, 1.82) is 0 Å². The Balaban J connectivity index is 5.35. The van der Waals surface area contributed by atoms with Crippen LogP contribution in [0.15, 0.2) is 40.1 Å². The zero-order chi connectivity index (χ0) is 13.3. The van der Waals surface area contributed by atoms with E-state index in [2.05, 4.69) is 17.8 Å². The molecule has 1 nitrogen and oxygen atoms in total. The van der Waals surface area contributed by atoms with Gasteiger partial charge in [0.15, 0.2) is 0 Å². The van der Waals surface area contributed by atoms with Crippen molar-refractivity contribution in [3.05, 3.63) is 35.1 Å². The highest BCUT2D eigenvalue weighted by Crippen LogP contribution is 2.18. The molecule has 0 atom stereocenters. The van der Waals surface area contributed by atoms with Gasteiger partial charge in [-0.2, -0.15) is 0 Å². The average molecular weight is 247 g/mol. The van der Waals surface area contributed by atoms with Gasteiger partial charge in [0.1, 0.15) is 0 Å². The molecule has 0 amide bonds.